The Bertz CT molecular complexity index is 210. The third-order valence-electron chi connectivity index (χ3n) is 3.22. The van der Waals surface area contributed by atoms with Gasteiger partial charge in [-0.2, -0.15) is 0 Å². The molecule has 0 heterocycles. The number of methoxy groups -OCH3 is 1. The van der Waals surface area contributed by atoms with Crippen LogP contribution >= 0.6 is 12.4 Å². The van der Waals surface area contributed by atoms with Gasteiger partial charge in [-0.1, -0.05) is 64.7 Å². The van der Waals surface area contributed by atoms with Crippen LogP contribution in [0.5, 0.6) is 0 Å². The van der Waals surface area contributed by atoms with Crippen LogP contribution < -0.4 is 11.5 Å². The highest BCUT2D eigenvalue weighted by atomic mass is 35.5. The molecule has 0 fully saturated rings. The van der Waals surface area contributed by atoms with Crippen LogP contribution in [0.3, 0.4) is 0 Å². The number of halogens is 1. The van der Waals surface area contributed by atoms with Gasteiger partial charge in [-0.15, -0.1) is 12.4 Å². The molecule has 5 nitrogen and oxygen atoms in total. The Morgan fingerprint density at radius 3 is 1.68 bits per heavy atom. The van der Waals surface area contributed by atoms with Gasteiger partial charge in [-0.3, -0.25) is 4.79 Å². The molecule has 0 aliphatic carbocycles. The third kappa shape index (κ3) is 24.6. The van der Waals surface area contributed by atoms with Crippen molar-refractivity contribution in [2.24, 2.45) is 11.5 Å². The van der Waals surface area contributed by atoms with E-state index in [-0.39, 0.29) is 19.0 Å². The van der Waals surface area contributed by atoms with Crippen LogP contribution in [0.4, 0.5) is 0 Å². The molecule has 0 bridgehead atoms. The molecule has 0 spiro atoms. The van der Waals surface area contributed by atoms with Crippen molar-refractivity contribution in [3.63, 3.8) is 0 Å². The van der Waals surface area contributed by atoms with E-state index < -0.39 is 12.0 Å². The average Bonchev–Trinajstić information content (AvgIpc) is 2.46. The quantitative estimate of drug-likeness (QED) is 0.447. The molecule has 22 heavy (non-hydrogen) atoms. The number of rotatable bonds is 13. The van der Waals surface area contributed by atoms with Gasteiger partial charge < -0.3 is 21.3 Å². The molecule has 1 atom stereocenters. The van der Waals surface area contributed by atoms with E-state index in [1.807, 2.05) is 0 Å². The summed E-state index contributed by atoms with van der Waals surface area (Å²) >= 11 is 0. The highest BCUT2D eigenvalue weighted by Crippen LogP contribution is 2.09. The minimum Gasteiger partial charge on any atom is -0.480 e. The lowest BCUT2D eigenvalue weighted by molar-refractivity contribution is -0.139. The summed E-state index contributed by atoms with van der Waals surface area (Å²) in [5.74, 6) is -1.04. The van der Waals surface area contributed by atoms with Gasteiger partial charge in [0.25, 0.3) is 0 Å². The Hall–Kier alpha value is -0.360. The second-order valence-electron chi connectivity index (χ2n) is 5.37. The maximum Gasteiger partial charge on any atom is 0.322 e. The predicted octanol–water partition coefficient (Wildman–Crippen LogP) is 3.33. The fraction of sp³-hybridized carbons (Fsp3) is 0.938. The van der Waals surface area contributed by atoms with Gasteiger partial charge in [0.05, 0.1) is 6.61 Å². The van der Waals surface area contributed by atoms with Crippen LogP contribution in [0.1, 0.15) is 71.1 Å². The minimum atomic E-state index is -1.04. The first kappa shape index (κ1) is 26.5. The summed E-state index contributed by atoms with van der Waals surface area (Å²) < 4.78 is 4.46. The number of ether oxygens (including phenoxy) is 1. The van der Waals surface area contributed by atoms with Crippen molar-refractivity contribution in [3.05, 3.63) is 0 Å². The number of nitrogens with two attached hydrogens (primary N) is 2. The molecule has 0 aromatic carbocycles. The summed E-state index contributed by atoms with van der Waals surface area (Å²) in [7, 11) is 1.41. The first-order chi connectivity index (χ1) is 10.1. The predicted molar refractivity (Wildman–Crippen MR) is 95.6 cm³/mol. The molecule has 0 aromatic heterocycles. The summed E-state index contributed by atoms with van der Waals surface area (Å²) in [4.78, 5) is 9.88. The van der Waals surface area contributed by atoms with Gasteiger partial charge >= 0.3 is 5.97 Å². The Balaban J connectivity index is -0.000000348. The lowest BCUT2D eigenvalue weighted by Crippen LogP contribution is -2.34. The molecule has 0 amide bonds. The SMILES string of the molecule is CCCCCCCCCCCCN.COC[C@H](N)C(=O)O.Cl. The molecule has 5 N–H and O–H groups in total. The molecular formula is C16H37ClN2O3. The molecular weight excluding hydrogens is 304 g/mol. The Labute approximate surface area is 142 Å². The third-order valence-corrected chi connectivity index (χ3v) is 3.22. The molecule has 0 aliphatic heterocycles. The minimum absolute atomic E-state index is 0. The maximum absolute atomic E-state index is 9.88. The fourth-order valence-corrected chi connectivity index (χ4v) is 1.88. The zero-order valence-electron chi connectivity index (χ0n) is 14.4. The van der Waals surface area contributed by atoms with Gasteiger partial charge in [0.2, 0.25) is 0 Å². The molecule has 0 radical (unpaired) electrons. The van der Waals surface area contributed by atoms with Crippen molar-refractivity contribution >= 4 is 18.4 Å². The van der Waals surface area contributed by atoms with Gasteiger partial charge in [-0.05, 0) is 13.0 Å². The van der Waals surface area contributed by atoms with Gasteiger partial charge in [-0.25, -0.2) is 0 Å². The smallest absolute Gasteiger partial charge is 0.322 e. The number of unbranched alkanes of at least 4 members (excludes halogenated alkanes) is 9. The number of hydrogen-bond acceptors (Lipinski definition) is 4. The molecule has 136 valence electrons. The van der Waals surface area contributed by atoms with E-state index in [1.54, 1.807) is 0 Å². The number of aliphatic carboxylic acids is 1. The van der Waals surface area contributed by atoms with Crippen LogP contribution in [0, 0.1) is 0 Å². The van der Waals surface area contributed by atoms with Crippen LogP contribution in [0.25, 0.3) is 0 Å². The Kier molecular flexibility index (Phi) is 27.6. The lowest BCUT2D eigenvalue weighted by Gasteiger charge is -2.01. The number of hydrogen-bond donors (Lipinski definition) is 3. The normalized spacial score (nSPS) is 11.1. The lowest BCUT2D eigenvalue weighted by atomic mass is 10.1. The van der Waals surface area contributed by atoms with Crippen LogP contribution in [-0.2, 0) is 9.53 Å². The zero-order chi connectivity index (χ0) is 16.3. The van der Waals surface area contributed by atoms with E-state index in [1.165, 1.54) is 71.3 Å². The molecule has 0 saturated carbocycles. The summed E-state index contributed by atoms with van der Waals surface area (Å²) in [6, 6.07) is -0.889. The van der Waals surface area contributed by atoms with E-state index in [2.05, 4.69) is 11.7 Å². The van der Waals surface area contributed by atoms with Crippen molar-refractivity contribution in [2.75, 3.05) is 20.3 Å². The van der Waals surface area contributed by atoms with Gasteiger partial charge in [0.1, 0.15) is 6.04 Å². The molecule has 0 aromatic rings. The summed E-state index contributed by atoms with van der Waals surface area (Å²) in [6.45, 7) is 3.21. The number of carboxylic acid groups (broad SMARTS) is 1. The van der Waals surface area contributed by atoms with Gasteiger partial charge in [0, 0.05) is 7.11 Å². The first-order valence-corrected chi connectivity index (χ1v) is 8.27. The summed E-state index contributed by atoms with van der Waals surface area (Å²) in [5.41, 5.74) is 10.4. The van der Waals surface area contributed by atoms with Crippen molar-refractivity contribution < 1.29 is 14.6 Å². The van der Waals surface area contributed by atoms with Crippen molar-refractivity contribution in [1.82, 2.24) is 0 Å². The molecule has 0 rings (SSSR count). The second-order valence-corrected chi connectivity index (χ2v) is 5.37. The zero-order valence-corrected chi connectivity index (χ0v) is 15.2. The number of carboxylic acids is 1. The topological polar surface area (TPSA) is 98.6 Å². The van der Waals surface area contributed by atoms with Crippen LogP contribution in [0.2, 0.25) is 0 Å². The van der Waals surface area contributed by atoms with Crippen LogP contribution in [0.15, 0.2) is 0 Å². The molecule has 6 heteroatoms. The molecule has 0 saturated heterocycles. The largest absolute Gasteiger partial charge is 0.480 e. The van der Waals surface area contributed by atoms with E-state index in [4.69, 9.17) is 16.6 Å². The van der Waals surface area contributed by atoms with E-state index in [9.17, 15) is 4.79 Å². The van der Waals surface area contributed by atoms with E-state index in [0.717, 1.165) is 6.54 Å². The van der Waals surface area contributed by atoms with E-state index >= 15 is 0 Å². The van der Waals surface area contributed by atoms with Gasteiger partial charge in [0.15, 0.2) is 0 Å². The standard InChI is InChI=1S/C12H27N.C4H9NO3.ClH/c1-2-3-4-5-6-7-8-9-10-11-12-13;1-8-2-3(5)4(6)7;/h2-13H2,1H3;3H,2,5H2,1H3,(H,6,7);1H/t;3-;/m.0./s1. The first-order valence-electron chi connectivity index (χ1n) is 8.27. The highest BCUT2D eigenvalue weighted by molar-refractivity contribution is 5.85. The summed E-state index contributed by atoms with van der Waals surface area (Å²) in [6.07, 6.45) is 13.9. The Morgan fingerprint density at radius 2 is 1.41 bits per heavy atom. The molecule has 0 aliphatic rings. The van der Waals surface area contributed by atoms with Crippen molar-refractivity contribution in [2.45, 2.75) is 77.2 Å². The molecule has 0 unspecified atom stereocenters. The second kappa shape index (κ2) is 22.9. The van der Waals surface area contributed by atoms with Crippen molar-refractivity contribution in [3.8, 4) is 0 Å². The van der Waals surface area contributed by atoms with Crippen LogP contribution in [-0.4, -0.2) is 37.4 Å². The monoisotopic (exact) mass is 340 g/mol. The van der Waals surface area contributed by atoms with Crippen molar-refractivity contribution in [1.29, 1.82) is 0 Å². The number of carbonyl (C=O) groups is 1. The fourth-order valence-electron chi connectivity index (χ4n) is 1.88. The Morgan fingerprint density at radius 1 is 1.00 bits per heavy atom. The van der Waals surface area contributed by atoms with E-state index in [0.29, 0.717) is 0 Å². The maximum atomic E-state index is 9.88. The summed E-state index contributed by atoms with van der Waals surface area (Å²) in [5, 5.41) is 8.11. The average molecular weight is 341 g/mol. The highest BCUT2D eigenvalue weighted by Gasteiger charge is 2.08.